The van der Waals surface area contributed by atoms with Gasteiger partial charge >= 0.3 is 0 Å². The SMILES string of the molecule is CON1CSc2cc(C(C)c3ccn[nH]3)ccc21. The molecule has 5 heteroatoms. The average molecular weight is 261 g/mol. The first-order valence-corrected chi connectivity index (χ1v) is 6.86. The molecule has 2 heterocycles. The van der Waals surface area contributed by atoms with Gasteiger partial charge in [-0.25, -0.2) is 5.06 Å². The Morgan fingerprint density at radius 1 is 1.44 bits per heavy atom. The van der Waals surface area contributed by atoms with Crippen molar-refractivity contribution >= 4 is 17.4 Å². The summed E-state index contributed by atoms with van der Waals surface area (Å²) in [6.07, 6.45) is 1.79. The molecule has 0 saturated heterocycles. The number of hydrogen-bond donors (Lipinski definition) is 1. The fourth-order valence-electron chi connectivity index (χ4n) is 2.16. The van der Waals surface area contributed by atoms with Crippen LogP contribution in [0.2, 0.25) is 0 Å². The first-order chi connectivity index (χ1) is 8.79. The Kier molecular flexibility index (Phi) is 3.01. The Labute approximate surface area is 110 Å². The summed E-state index contributed by atoms with van der Waals surface area (Å²) in [6, 6.07) is 8.54. The Bertz CT molecular complexity index is 541. The molecule has 0 radical (unpaired) electrons. The first kappa shape index (κ1) is 11.6. The molecule has 3 rings (SSSR count). The van der Waals surface area contributed by atoms with Gasteiger partial charge in [-0.15, -0.1) is 0 Å². The number of thioether (sulfide) groups is 1. The highest BCUT2D eigenvalue weighted by Gasteiger charge is 2.21. The van der Waals surface area contributed by atoms with Crippen molar-refractivity contribution in [2.45, 2.75) is 17.7 Å². The number of rotatable bonds is 3. The van der Waals surface area contributed by atoms with Gasteiger partial charge in [0.2, 0.25) is 0 Å². The molecule has 1 aliphatic rings. The number of nitrogens with zero attached hydrogens (tertiary/aromatic N) is 2. The van der Waals surface area contributed by atoms with Crippen LogP contribution in [-0.4, -0.2) is 23.2 Å². The molecule has 1 aliphatic heterocycles. The normalized spacial score (nSPS) is 15.8. The van der Waals surface area contributed by atoms with Crippen molar-refractivity contribution in [3.63, 3.8) is 0 Å². The number of aromatic nitrogens is 2. The molecule has 1 aromatic carbocycles. The molecule has 1 aromatic heterocycles. The van der Waals surface area contributed by atoms with Crippen molar-refractivity contribution in [1.82, 2.24) is 10.2 Å². The molecule has 0 bridgehead atoms. The zero-order valence-corrected chi connectivity index (χ0v) is 11.2. The third kappa shape index (κ3) is 1.89. The molecule has 1 unspecified atom stereocenters. The summed E-state index contributed by atoms with van der Waals surface area (Å²) in [5.74, 6) is 1.18. The van der Waals surface area contributed by atoms with Gasteiger partial charge in [-0.3, -0.25) is 9.94 Å². The van der Waals surface area contributed by atoms with E-state index in [9.17, 15) is 0 Å². The van der Waals surface area contributed by atoms with E-state index in [-0.39, 0.29) is 0 Å². The molecule has 2 aromatic rings. The number of aromatic amines is 1. The van der Waals surface area contributed by atoms with Crippen LogP contribution in [0.25, 0.3) is 0 Å². The molecule has 4 nitrogen and oxygen atoms in total. The lowest BCUT2D eigenvalue weighted by Crippen LogP contribution is -2.16. The van der Waals surface area contributed by atoms with Crippen LogP contribution >= 0.6 is 11.8 Å². The lowest BCUT2D eigenvalue weighted by Gasteiger charge is -2.15. The quantitative estimate of drug-likeness (QED) is 0.922. The van der Waals surface area contributed by atoms with E-state index in [1.807, 2.05) is 11.1 Å². The fraction of sp³-hybridized carbons (Fsp3) is 0.308. The van der Waals surface area contributed by atoms with Gasteiger partial charge in [-0.2, -0.15) is 5.10 Å². The van der Waals surface area contributed by atoms with Crippen LogP contribution in [0.1, 0.15) is 24.1 Å². The van der Waals surface area contributed by atoms with E-state index in [0.29, 0.717) is 5.92 Å². The highest BCUT2D eigenvalue weighted by atomic mass is 32.2. The topological polar surface area (TPSA) is 41.1 Å². The summed E-state index contributed by atoms with van der Waals surface area (Å²) in [4.78, 5) is 6.58. The van der Waals surface area contributed by atoms with Crippen LogP contribution in [0, 0.1) is 0 Å². The minimum absolute atomic E-state index is 0.329. The summed E-state index contributed by atoms with van der Waals surface area (Å²) >= 11 is 1.80. The molecule has 0 aliphatic carbocycles. The molecule has 1 atom stereocenters. The molecule has 0 fully saturated rings. The molecule has 1 N–H and O–H groups in total. The third-order valence-electron chi connectivity index (χ3n) is 3.30. The Morgan fingerprint density at radius 2 is 2.33 bits per heavy atom. The minimum Gasteiger partial charge on any atom is -0.282 e. The maximum absolute atomic E-state index is 5.31. The average Bonchev–Trinajstić information content (AvgIpc) is 3.06. The zero-order chi connectivity index (χ0) is 12.5. The van der Waals surface area contributed by atoms with Crippen LogP contribution in [0.4, 0.5) is 5.69 Å². The zero-order valence-electron chi connectivity index (χ0n) is 10.4. The summed E-state index contributed by atoms with van der Waals surface area (Å²) in [5, 5.41) is 8.95. The van der Waals surface area contributed by atoms with Crippen molar-refractivity contribution in [3.8, 4) is 0 Å². The van der Waals surface area contributed by atoms with E-state index in [1.54, 1.807) is 25.1 Å². The van der Waals surface area contributed by atoms with E-state index < -0.39 is 0 Å². The smallest absolute Gasteiger partial charge is 0.0957 e. The number of hydrogen-bond acceptors (Lipinski definition) is 4. The molecular weight excluding hydrogens is 246 g/mol. The van der Waals surface area contributed by atoms with Crippen molar-refractivity contribution < 1.29 is 4.84 Å². The molecule has 94 valence electrons. The van der Waals surface area contributed by atoms with Gasteiger partial charge in [0, 0.05) is 22.7 Å². The van der Waals surface area contributed by atoms with Crippen molar-refractivity contribution in [1.29, 1.82) is 0 Å². The maximum Gasteiger partial charge on any atom is 0.0957 e. The summed E-state index contributed by atoms with van der Waals surface area (Å²) in [6.45, 7) is 2.18. The minimum atomic E-state index is 0.329. The number of anilines is 1. The van der Waals surface area contributed by atoms with Gasteiger partial charge in [0.25, 0.3) is 0 Å². The Morgan fingerprint density at radius 3 is 3.06 bits per heavy atom. The molecular formula is C13H15N3OS. The standard InChI is InChI=1S/C13H15N3OS/c1-9(11-5-6-14-15-11)10-3-4-12-13(7-10)18-8-16(12)17-2/h3-7,9H,8H2,1-2H3,(H,14,15). The van der Waals surface area contributed by atoms with Gasteiger partial charge in [0.1, 0.15) is 0 Å². The number of H-pyrrole nitrogens is 1. The third-order valence-corrected chi connectivity index (χ3v) is 4.30. The van der Waals surface area contributed by atoms with Gasteiger partial charge in [-0.05, 0) is 23.8 Å². The molecule has 0 spiro atoms. The van der Waals surface area contributed by atoms with E-state index in [0.717, 1.165) is 17.3 Å². The van der Waals surface area contributed by atoms with Crippen molar-refractivity contribution in [2.24, 2.45) is 0 Å². The molecule has 0 amide bonds. The largest absolute Gasteiger partial charge is 0.282 e. The monoisotopic (exact) mass is 261 g/mol. The van der Waals surface area contributed by atoms with Gasteiger partial charge in [0.05, 0.1) is 18.7 Å². The van der Waals surface area contributed by atoms with Gasteiger partial charge in [-0.1, -0.05) is 24.8 Å². The second-order valence-corrected chi connectivity index (χ2v) is 5.28. The maximum atomic E-state index is 5.31. The number of nitrogens with one attached hydrogen (secondary N) is 1. The molecule has 18 heavy (non-hydrogen) atoms. The molecule has 0 saturated carbocycles. The summed E-state index contributed by atoms with van der Waals surface area (Å²) < 4.78 is 0. The predicted molar refractivity (Wildman–Crippen MR) is 72.8 cm³/mol. The van der Waals surface area contributed by atoms with Crippen molar-refractivity contribution in [3.05, 3.63) is 41.7 Å². The van der Waals surface area contributed by atoms with E-state index in [2.05, 4.69) is 35.3 Å². The second kappa shape index (κ2) is 4.66. The van der Waals surface area contributed by atoms with E-state index in [4.69, 9.17) is 4.84 Å². The van der Waals surface area contributed by atoms with Crippen LogP contribution in [0.15, 0.2) is 35.4 Å². The number of hydroxylamine groups is 1. The Balaban J connectivity index is 1.92. The second-order valence-electron chi connectivity index (χ2n) is 4.30. The number of benzene rings is 1. The van der Waals surface area contributed by atoms with Crippen LogP contribution in [0.5, 0.6) is 0 Å². The first-order valence-electron chi connectivity index (χ1n) is 5.87. The van der Waals surface area contributed by atoms with Crippen molar-refractivity contribution in [2.75, 3.05) is 18.0 Å². The van der Waals surface area contributed by atoms with Crippen LogP contribution in [-0.2, 0) is 4.84 Å². The Hall–Kier alpha value is -1.46. The van der Waals surface area contributed by atoms with Gasteiger partial charge < -0.3 is 0 Å². The fourth-order valence-corrected chi connectivity index (χ4v) is 3.20. The highest BCUT2D eigenvalue weighted by molar-refractivity contribution is 7.99. The summed E-state index contributed by atoms with van der Waals surface area (Å²) in [7, 11) is 1.71. The van der Waals surface area contributed by atoms with Gasteiger partial charge in [0.15, 0.2) is 0 Å². The van der Waals surface area contributed by atoms with E-state index >= 15 is 0 Å². The predicted octanol–water partition coefficient (Wildman–Crippen LogP) is 2.99. The van der Waals surface area contributed by atoms with Crippen LogP contribution < -0.4 is 5.06 Å². The lowest BCUT2D eigenvalue weighted by atomic mass is 9.98. The summed E-state index contributed by atoms with van der Waals surface area (Å²) in [5.41, 5.74) is 3.59. The lowest BCUT2D eigenvalue weighted by molar-refractivity contribution is 0.181. The van der Waals surface area contributed by atoms with Crippen LogP contribution in [0.3, 0.4) is 0 Å². The van der Waals surface area contributed by atoms with E-state index in [1.165, 1.54) is 10.5 Å². The highest BCUT2D eigenvalue weighted by Crippen LogP contribution is 2.40. The number of fused-ring (bicyclic) bond motifs is 1.